The first kappa shape index (κ1) is 23.2. The Bertz CT molecular complexity index is 1280. The number of nitrogens with zero attached hydrogens (tertiary/aromatic N) is 2. The van der Waals surface area contributed by atoms with E-state index in [0.29, 0.717) is 17.8 Å². The number of anilines is 2. The fourth-order valence-electron chi connectivity index (χ4n) is 3.43. The van der Waals surface area contributed by atoms with Gasteiger partial charge < -0.3 is 14.8 Å². The molecule has 2 aromatic heterocycles. The predicted molar refractivity (Wildman–Crippen MR) is 137 cm³/mol. The fourth-order valence-corrected chi connectivity index (χ4v) is 4.24. The molecule has 0 bridgehead atoms. The van der Waals surface area contributed by atoms with Gasteiger partial charge in [-0.2, -0.15) is 0 Å². The summed E-state index contributed by atoms with van der Waals surface area (Å²) >= 11 is 1.48. The van der Waals surface area contributed by atoms with Crippen LogP contribution >= 0.6 is 11.3 Å². The molecule has 7 heteroatoms. The number of aryl methyl sites for hydroxylation is 1. The predicted octanol–water partition coefficient (Wildman–Crippen LogP) is 6.85. The summed E-state index contributed by atoms with van der Waals surface area (Å²) in [5.74, 6) is 2.87. The molecule has 1 N–H and O–H groups in total. The molecular weight excluding hydrogens is 446 g/mol. The zero-order chi connectivity index (χ0) is 23.9. The van der Waals surface area contributed by atoms with Gasteiger partial charge in [0.15, 0.2) is 10.9 Å². The van der Waals surface area contributed by atoms with E-state index in [0.717, 1.165) is 56.9 Å². The van der Waals surface area contributed by atoms with Crippen molar-refractivity contribution in [3.8, 4) is 27.3 Å². The van der Waals surface area contributed by atoms with Crippen LogP contribution in [0.3, 0.4) is 0 Å². The number of benzene rings is 2. The van der Waals surface area contributed by atoms with Crippen LogP contribution in [0.1, 0.15) is 28.5 Å². The Kier molecular flexibility index (Phi) is 7.34. The molecule has 172 valence electrons. The number of carbonyl (C=O) groups is 1. The van der Waals surface area contributed by atoms with Gasteiger partial charge in [0.05, 0.1) is 12.0 Å². The maximum atomic E-state index is 11.0. The van der Waals surface area contributed by atoms with Crippen molar-refractivity contribution in [2.45, 2.75) is 19.8 Å². The minimum absolute atomic E-state index is 0.623. The molecule has 4 aromatic rings. The van der Waals surface area contributed by atoms with Crippen LogP contribution in [0.2, 0.25) is 0 Å². The van der Waals surface area contributed by atoms with Crippen LogP contribution in [0, 0.1) is 0 Å². The Morgan fingerprint density at radius 2 is 1.74 bits per heavy atom. The third-order valence-electron chi connectivity index (χ3n) is 5.17. The van der Waals surface area contributed by atoms with Crippen molar-refractivity contribution in [3.63, 3.8) is 0 Å². The number of aldehydes is 1. The van der Waals surface area contributed by atoms with Crippen molar-refractivity contribution in [2.24, 2.45) is 0 Å². The quantitative estimate of drug-likeness (QED) is 0.201. The second kappa shape index (κ2) is 10.8. The number of hydrogen-bond acceptors (Lipinski definition) is 7. The van der Waals surface area contributed by atoms with Crippen LogP contribution in [-0.2, 0) is 12.8 Å². The number of ether oxygens (including phenoxy) is 2. The summed E-state index contributed by atoms with van der Waals surface area (Å²) in [6, 6.07) is 18.6. The van der Waals surface area contributed by atoms with E-state index in [1.165, 1.54) is 11.3 Å². The maximum absolute atomic E-state index is 11.0. The number of thiophene rings is 1. The molecule has 2 aromatic carbocycles. The molecule has 6 nitrogen and oxygen atoms in total. The first-order valence-corrected chi connectivity index (χ1v) is 11.7. The molecular formula is C27H25N3O3S. The summed E-state index contributed by atoms with van der Waals surface area (Å²) in [5.41, 5.74) is 3.43. The Balaban J connectivity index is 1.65. The minimum Gasteiger partial charge on any atom is -0.497 e. The summed E-state index contributed by atoms with van der Waals surface area (Å²) in [7, 11) is 1.63. The van der Waals surface area contributed by atoms with Gasteiger partial charge in [0, 0.05) is 22.5 Å². The second-order valence-corrected chi connectivity index (χ2v) is 8.47. The Morgan fingerprint density at radius 3 is 2.38 bits per heavy atom. The Labute approximate surface area is 202 Å². The molecule has 0 radical (unpaired) electrons. The minimum atomic E-state index is 0.623. The van der Waals surface area contributed by atoms with Gasteiger partial charge in [-0.1, -0.05) is 24.3 Å². The molecule has 2 heterocycles. The zero-order valence-corrected chi connectivity index (χ0v) is 19.9. The lowest BCUT2D eigenvalue weighted by molar-refractivity contribution is 0.112. The molecule has 0 aliphatic rings. The topological polar surface area (TPSA) is 73.3 Å². The van der Waals surface area contributed by atoms with Crippen molar-refractivity contribution >= 4 is 29.1 Å². The van der Waals surface area contributed by atoms with Crippen LogP contribution in [0.25, 0.3) is 10.7 Å². The van der Waals surface area contributed by atoms with E-state index >= 15 is 0 Å². The molecule has 0 aliphatic carbocycles. The first-order valence-electron chi connectivity index (χ1n) is 10.9. The van der Waals surface area contributed by atoms with E-state index in [1.807, 2.05) is 54.6 Å². The van der Waals surface area contributed by atoms with Gasteiger partial charge in [-0.25, -0.2) is 9.97 Å². The van der Waals surface area contributed by atoms with Gasteiger partial charge in [0.1, 0.15) is 23.6 Å². The van der Waals surface area contributed by atoms with Gasteiger partial charge in [-0.05, 0) is 73.5 Å². The number of nitrogens with one attached hydrogen (secondary N) is 1. The third kappa shape index (κ3) is 5.32. The highest BCUT2D eigenvalue weighted by molar-refractivity contribution is 7.17. The van der Waals surface area contributed by atoms with E-state index < -0.39 is 0 Å². The van der Waals surface area contributed by atoms with Gasteiger partial charge in [0.2, 0.25) is 0 Å². The molecule has 34 heavy (non-hydrogen) atoms. The van der Waals surface area contributed by atoms with E-state index in [4.69, 9.17) is 19.4 Å². The molecule has 0 spiro atoms. The molecule has 0 aliphatic heterocycles. The summed E-state index contributed by atoms with van der Waals surface area (Å²) in [6.07, 6.45) is 4.09. The van der Waals surface area contributed by atoms with Crippen LogP contribution in [-0.4, -0.2) is 23.4 Å². The van der Waals surface area contributed by atoms with E-state index in [2.05, 4.69) is 18.8 Å². The lowest BCUT2D eigenvalue weighted by Crippen LogP contribution is -2.07. The highest BCUT2D eigenvalue weighted by Gasteiger charge is 2.16. The lowest BCUT2D eigenvalue weighted by atomic mass is 10.1. The van der Waals surface area contributed by atoms with Gasteiger partial charge in [-0.3, -0.25) is 4.79 Å². The monoisotopic (exact) mass is 471 g/mol. The number of rotatable bonds is 10. The second-order valence-electron chi connectivity index (χ2n) is 7.43. The van der Waals surface area contributed by atoms with Crippen molar-refractivity contribution in [3.05, 3.63) is 90.1 Å². The van der Waals surface area contributed by atoms with E-state index in [-0.39, 0.29) is 0 Å². The number of methoxy groups -OCH3 is 1. The van der Waals surface area contributed by atoms with Crippen LogP contribution < -0.4 is 14.8 Å². The number of carbonyl (C=O) groups excluding carboxylic acids is 1. The van der Waals surface area contributed by atoms with Crippen molar-refractivity contribution < 1.29 is 14.3 Å². The maximum Gasteiger partial charge on any atom is 0.181 e. The number of aromatic nitrogens is 2. The number of hydrogen-bond donors (Lipinski definition) is 1. The van der Waals surface area contributed by atoms with Crippen LogP contribution in [0.4, 0.5) is 11.5 Å². The molecule has 0 unspecified atom stereocenters. The third-order valence-corrected chi connectivity index (χ3v) is 6.12. The summed E-state index contributed by atoms with van der Waals surface area (Å²) in [4.78, 5) is 21.6. The van der Waals surface area contributed by atoms with Gasteiger partial charge in [-0.15, -0.1) is 6.58 Å². The summed E-state index contributed by atoms with van der Waals surface area (Å²) in [5, 5.41) is 4.14. The number of allylic oxidation sites excluding steroid dienone is 1. The van der Waals surface area contributed by atoms with Gasteiger partial charge in [0.25, 0.3) is 0 Å². The standard InChI is InChI=1S/C27H25N3O3S/c1-4-6-22-23(5-2)29-27(30-26(22)28-19-9-7-18(17-31)8-10-19)24-15-16-25(34-24)33-21-13-11-20(32-3)12-14-21/h4,7-17H,1,5-6H2,2-3H3,(H,28,29,30). The molecule has 0 saturated carbocycles. The fraction of sp³-hybridized carbons (Fsp3) is 0.148. The zero-order valence-electron chi connectivity index (χ0n) is 19.1. The normalized spacial score (nSPS) is 10.5. The molecule has 0 amide bonds. The summed E-state index contributed by atoms with van der Waals surface area (Å²) < 4.78 is 11.2. The van der Waals surface area contributed by atoms with Crippen molar-refractivity contribution in [1.29, 1.82) is 0 Å². The average molecular weight is 472 g/mol. The average Bonchev–Trinajstić information content (AvgIpc) is 3.34. The smallest absolute Gasteiger partial charge is 0.181 e. The molecule has 0 saturated heterocycles. The molecule has 0 fully saturated rings. The Morgan fingerprint density at radius 1 is 1.00 bits per heavy atom. The molecule has 4 rings (SSSR count). The highest BCUT2D eigenvalue weighted by Crippen LogP contribution is 2.36. The Hall–Kier alpha value is -3.97. The van der Waals surface area contributed by atoms with Gasteiger partial charge >= 0.3 is 0 Å². The van der Waals surface area contributed by atoms with Crippen LogP contribution in [0.5, 0.6) is 16.6 Å². The summed E-state index contributed by atoms with van der Waals surface area (Å²) in [6.45, 7) is 5.97. The largest absolute Gasteiger partial charge is 0.497 e. The first-order chi connectivity index (χ1) is 16.6. The van der Waals surface area contributed by atoms with E-state index in [9.17, 15) is 4.79 Å². The molecule has 0 atom stereocenters. The highest BCUT2D eigenvalue weighted by atomic mass is 32.1. The van der Waals surface area contributed by atoms with Crippen molar-refractivity contribution in [2.75, 3.05) is 12.4 Å². The SMILES string of the molecule is C=CCc1c(CC)nc(-c2ccc(Oc3ccc(OC)cc3)s2)nc1Nc1ccc(C=O)cc1. The lowest BCUT2D eigenvalue weighted by Gasteiger charge is -2.15. The van der Waals surface area contributed by atoms with Crippen molar-refractivity contribution in [1.82, 2.24) is 9.97 Å². The van der Waals surface area contributed by atoms with Crippen LogP contribution in [0.15, 0.2) is 73.3 Å². The van der Waals surface area contributed by atoms with E-state index in [1.54, 1.807) is 19.2 Å².